The third kappa shape index (κ3) is 3.39. The van der Waals surface area contributed by atoms with Gasteiger partial charge in [-0.05, 0) is 18.1 Å². The molecule has 0 bridgehead atoms. The van der Waals surface area contributed by atoms with Gasteiger partial charge >= 0.3 is 0 Å². The highest BCUT2D eigenvalue weighted by atomic mass is 16.5. The number of imidazole rings is 1. The molecule has 0 saturated carbocycles. The lowest BCUT2D eigenvalue weighted by atomic mass is 10.1. The lowest BCUT2D eigenvalue weighted by Gasteiger charge is -2.23. The fraction of sp³-hybridized carbons (Fsp3) is 0.500. The van der Waals surface area contributed by atoms with Crippen LogP contribution in [0.3, 0.4) is 0 Å². The van der Waals surface area contributed by atoms with Gasteiger partial charge in [0.1, 0.15) is 5.82 Å². The van der Waals surface area contributed by atoms with E-state index in [4.69, 9.17) is 9.47 Å². The molecule has 26 heavy (non-hydrogen) atoms. The SMILES string of the molecule is COCc1cccc(-c2cnc3n2CCN(C(=O)[C@H]2CCOC2)CC3)c1. The summed E-state index contributed by atoms with van der Waals surface area (Å²) in [7, 11) is 1.71. The number of hydrogen-bond donors (Lipinski definition) is 0. The van der Waals surface area contributed by atoms with Gasteiger partial charge in [0.25, 0.3) is 0 Å². The summed E-state index contributed by atoms with van der Waals surface area (Å²) in [5.74, 6) is 1.32. The number of rotatable bonds is 4. The van der Waals surface area contributed by atoms with E-state index in [1.165, 1.54) is 0 Å². The highest BCUT2D eigenvalue weighted by Gasteiger charge is 2.29. The Morgan fingerprint density at radius 2 is 2.27 bits per heavy atom. The normalized spacial score (nSPS) is 20.0. The molecule has 0 unspecified atom stereocenters. The minimum Gasteiger partial charge on any atom is -0.381 e. The van der Waals surface area contributed by atoms with Gasteiger partial charge in [0.2, 0.25) is 5.91 Å². The number of benzene rings is 1. The van der Waals surface area contributed by atoms with Gasteiger partial charge in [-0.15, -0.1) is 0 Å². The summed E-state index contributed by atoms with van der Waals surface area (Å²) in [4.78, 5) is 19.3. The third-order valence-corrected chi connectivity index (χ3v) is 5.26. The number of fused-ring (bicyclic) bond motifs is 1. The Morgan fingerprint density at radius 1 is 1.35 bits per heavy atom. The molecule has 2 aliphatic heterocycles. The summed E-state index contributed by atoms with van der Waals surface area (Å²) < 4.78 is 12.9. The molecule has 0 radical (unpaired) electrons. The molecule has 1 aromatic heterocycles. The zero-order chi connectivity index (χ0) is 17.9. The van der Waals surface area contributed by atoms with Gasteiger partial charge in [0.05, 0.1) is 31.0 Å². The summed E-state index contributed by atoms with van der Waals surface area (Å²) in [6, 6.07) is 8.37. The van der Waals surface area contributed by atoms with Crippen LogP contribution in [-0.2, 0) is 33.8 Å². The van der Waals surface area contributed by atoms with Crippen LogP contribution in [0.5, 0.6) is 0 Å². The Kier molecular flexibility index (Phi) is 5.04. The Morgan fingerprint density at radius 3 is 3.08 bits per heavy atom. The van der Waals surface area contributed by atoms with Crippen LogP contribution in [0.25, 0.3) is 11.3 Å². The smallest absolute Gasteiger partial charge is 0.228 e. The molecule has 0 aliphatic carbocycles. The minimum absolute atomic E-state index is 0.0330. The van der Waals surface area contributed by atoms with Crippen LogP contribution in [0, 0.1) is 5.92 Å². The quantitative estimate of drug-likeness (QED) is 0.843. The number of carbonyl (C=O) groups excluding carboxylic acids is 1. The molecule has 1 atom stereocenters. The Bertz CT molecular complexity index is 780. The molecule has 0 spiro atoms. The molecule has 138 valence electrons. The first-order valence-electron chi connectivity index (χ1n) is 9.25. The van der Waals surface area contributed by atoms with E-state index in [1.807, 2.05) is 11.1 Å². The van der Waals surface area contributed by atoms with E-state index in [0.29, 0.717) is 19.8 Å². The van der Waals surface area contributed by atoms with Crippen molar-refractivity contribution in [3.8, 4) is 11.3 Å². The van der Waals surface area contributed by atoms with Gasteiger partial charge in [-0.2, -0.15) is 0 Å². The van der Waals surface area contributed by atoms with Crippen LogP contribution in [0.2, 0.25) is 0 Å². The van der Waals surface area contributed by atoms with Crippen molar-refractivity contribution in [1.29, 1.82) is 0 Å². The number of ether oxygens (including phenoxy) is 2. The van der Waals surface area contributed by atoms with Crippen molar-refractivity contribution in [3.05, 3.63) is 41.9 Å². The number of methoxy groups -OCH3 is 1. The third-order valence-electron chi connectivity index (χ3n) is 5.26. The summed E-state index contributed by atoms with van der Waals surface area (Å²) in [5, 5.41) is 0. The van der Waals surface area contributed by atoms with Crippen LogP contribution in [0.4, 0.5) is 0 Å². The summed E-state index contributed by atoms with van der Waals surface area (Å²) >= 11 is 0. The van der Waals surface area contributed by atoms with Gasteiger partial charge in [-0.3, -0.25) is 4.79 Å². The number of amides is 1. The van der Waals surface area contributed by atoms with E-state index in [1.54, 1.807) is 7.11 Å². The molecule has 6 nitrogen and oxygen atoms in total. The highest BCUT2D eigenvalue weighted by molar-refractivity contribution is 5.79. The van der Waals surface area contributed by atoms with E-state index in [-0.39, 0.29) is 11.8 Å². The Balaban J connectivity index is 1.53. The molecule has 1 saturated heterocycles. The van der Waals surface area contributed by atoms with E-state index in [2.05, 4.69) is 33.8 Å². The lowest BCUT2D eigenvalue weighted by Crippen LogP contribution is -2.38. The molecule has 1 fully saturated rings. The maximum Gasteiger partial charge on any atom is 0.228 e. The molecule has 4 rings (SSSR count). The van der Waals surface area contributed by atoms with Crippen molar-refractivity contribution in [1.82, 2.24) is 14.5 Å². The zero-order valence-corrected chi connectivity index (χ0v) is 15.2. The first-order chi connectivity index (χ1) is 12.8. The first-order valence-corrected chi connectivity index (χ1v) is 9.25. The van der Waals surface area contributed by atoms with Gasteiger partial charge < -0.3 is 18.9 Å². The molecule has 6 heteroatoms. The standard InChI is InChI=1S/C20H25N3O3/c1-25-13-15-3-2-4-16(11-15)18-12-21-19-5-7-22(8-9-23(18)19)20(24)17-6-10-26-14-17/h2-4,11-12,17H,5-10,13-14H2,1H3/t17-/m0/s1. The summed E-state index contributed by atoms with van der Waals surface area (Å²) in [6.45, 7) is 4.10. The number of carbonyl (C=O) groups is 1. The highest BCUT2D eigenvalue weighted by Crippen LogP contribution is 2.25. The van der Waals surface area contributed by atoms with Gasteiger partial charge in [0, 0.05) is 45.3 Å². The van der Waals surface area contributed by atoms with Crippen molar-refractivity contribution in [3.63, 3.8) is 0 Å². The predicted octanol–water partition coefficient (Wildman–Crippen LogP) is 2.12. The van der Waals surface area contributed by atoms with Crippen molar-refractivity contribution >= 4 is 5.91 Å². The van der Waals surface area contributed by atoms with Crippen LogP contribution in [0.1, 0.15) is 17.8 Å². The van der Waals surface area contributed by atoms with E-state index in [0.717, 1.165) is 55.1 Å². The molecule has 2 aliphatic rings. The van der Waals surface area contributed by atoms with Crippen LogP contribution < -0.4 is 0 Å². The van der Waals surface area contributed by atoms with Crippen LogP contribution in [0.15, 0.2) is 30.5 Å². The molecular formula is C20H25N3O3. The second kappa shape index (κ2) is 7.60. The second-order valence-electron chi connectivity index (χ2n) is 6.98. The number of hydrogen-bond acceptors (Lipinski definition) is 4. The van der Waals surface area contributed by atoms with Gasteiger partial charge in [0.15, 0.2) is 0 Å². The van der Waals surface area contributed by atoms with Crippen molar-refractivity contribution < 1.29 is 14.3 Å². The average molecular weight is 355 g/mol. The molecular weight excluding hydrogens is 330 g/mol. The molecule has 2 aromatic rings. The molecule has 1 aromatic carbocycles. The van der Waals surface area contributed by atoms with Crippen molar-refractivity contribution in [2.24, 2.45) is 5.92 Å². The van der Waals surface area contributed by atoms with E-state index < -0.39 is 0 Å². The van der Waals surface area contributed by atoms with E-state index >= 15 is 0 Å². The second-order valence-corrected chi connectivity index (χ2v) is 6.98. The zero-order valence-electron chi connectivity index (χ0n) is 15.2. The van der Waals surface area contributed by atoms with Crippen molar-refractivity contribution in [2.75, 3.05) is 33.4 Å². The topological polar surface area (TPSA) is 56.6 Å². The Labute approximate surface area is 153 Å². The first kappa shape index (κ1) is 17.2. The number of nitrogens with zero attached hydrogens (tertiary/aromatic N) is 3. The summed E-state index contributed by atoms with van der Waals surface area (Å²) in [5.41, 5.74) is 3.39. The maximum absolute atomic E-state index is 12.7. The monoisotopic (exact) mass is 355 g/mol. The van der Waals surface area contributed by atoms with Crippen LogP contribution >= 0.6 is 0 Å². The number of aromatic nitrogens is 2. The predicted molar refractivity (Wildman–Crippen MR) is 97.6 cm³/mol. The lowest BCUT2D eigenvalue weighted by molar-refractivity contribution is -0.135. The van der Waals surface area contributed by atoms with Crippen LogP contribution in [-0.4, -0.2) is 53.8 Å². The fourth-order valence-electron chi connectivity index (χ4n) is 3.86. The van der Waals surface area contributed by atoms with Crippen molar-refractivity contribution in [2.45, 2.75) is 26.0 Å². The Hall–Kier alpha value is -2.18. The largest absolute Gasteiger partial charge is 0.381 e. The minimum atomic E-state index is 0.0330. The maximum atomic E-state index is 12.7. The summed E-state index contributed by atoms with van der Waals surface area (Å²) in [6.07, 6.45) is 3.58. The van der Waals surface area contributed by atoms with Gasteiger partial charge in [-0.25, -0.2) is 4.98 Å². The molecule has 0 N–H and O–H groups in total. The fourth-order valence-corrected chi connectivity index (χ4v) is 3.86. The van der Waals surface area contributed by atoms with E-state index in [9.17, 15) is 4.79 Å². The average Bonchev–Trinajstić information content (AvgIpc) is 3.28. The van der Waals surface area contributed by atoms with Gasteiger partial charge in [-0.1, -0.05) is 18.2 Å². The molecule has 1 amide bonds. The molecule has 3 heterocycles.